The largest absolute Gasteiger partial charge is 0.461 e. The van der Waals surface area contributed by atoms with E-state index in [0.29, 0.717) is 18.8 Å². The molecule has 1 amide bonds. The monoisotopic (exact) mass is 387 g/mol. The van der Waals surface area contributed by atoms with E-state index in [9.17, 15) is 19.7 Å². The molecule has 148 valence electrons. The highest BCUT2D eigenvalue weighted by Crippen LogP contribution is 2.23. The SMILES string of the molecule is O=C(C[C@@H]1COCCN1C(=O)CCNc1ccccc1[N+](=O)[O-])c1ccco1. The van der Waals surface area contributed by atoms with Crippen molar-refractivity contribution < 1.29 is 23.7 Å². The van der Waals surface area contributed by atoms with E-state index in [1.165, 1.54) is 12.3 Å². The number of ketones is 1. The third-order valence-corrected chi connectivity index (χ3v) is 4.52. The van der Waals surface area contributed by atoms with E-state index in [4.69, 9.17) is 9.15 Å². The van der Waals surface area contributed by atoms with Crippen molar-refractivity contribution in [1.29, 1.82) is 0 Å². The molecule has 0 aliphatic carbocycles. The zero-order chi connectivity index (χ0) is 19.9. The third kappa shape index (κ3) is 4.74. The van der Waals surface area contributed by atoms with Gasteiger partial charge in [-0.1, -0.05) is 12.1 Å². The smallest absolute Gasteiger partial charge is 0.292 e. The van der Waals surface area contributed by atoms with Gasteiger partial charge >= 0.3 is 0 Å². The van der Waals surface area contributed by atoms with Gasteiger partial charge in [-0.2, -0.15) is 0 Å². The molecule has 1 aromatic heterocycles. The molecule has 1 aliphatic rings. The highest BCUT2D eigenvalue weighted by Gasteiger charge is 2.29. The lowest BCUT2D eigenvalue weighted by atomic mass is 10.1. The van der Waals surface area contributed by atoms with E-state index in [-0.39, 0.29) is 55.2 Å². The molecule has 0 unspecified atom stereocenters. The fraction of sp³-hybridized carbons (Fsp3) is 0.368. The van der Waals surface area contributed by atoms with Gasteiger partial charge in [-0.25, -0.2) is 0 Å². The van der Waals surface area contributed by atoms with Crippen LogP contribution in [0.1, 0.15) is 23.4 Å². The lowest BCUT2D eigenvalue weighted by molar-refractivity contribution is -0.384. The lowest BCUT2D eigenvalue weighted by Crippen LogP contribution is -2.49. The van der Waals surface area contributed by atoms with Crippen molar-refractivity contribution >= 4 is 23.1 Å². The number of carbonyl (C=O) groups is 2. The Hall–Kier alpha value is -3.20. The van der Waals surface area contributed by atoms with Crippen LogP contribution < -0.4 is 5.32 Å². The molecule has 2 aromatic rings. The Kier molecular flexibility index (Phi) is 6.38. The van der Waals surface area contributed by atoms with E-state index in [0.717, 1.165) is 0 Å². The third-order valence-electron chi connectivity index (χ3n) is 4.52. The normalized spacial score (nSPS) is 16.6. The van der Waals surface area contributed by atoms with Gasteiger partial charge in [0, 0.05) is 32.0 Å². The minimum Gasteiger partial charge on any atom is -0.461 e. The molecule has 0 radical (unpaired) electrons. The van der Waals surface area contributed by atoms with Crippen LogP contribution in [0, 0.1) is 10.1 Å². The summed E-state index contributed by atoms with van der Waals surface area (Å²) in [7, 11) is 0. The molecule has 3 rings (SSSR count). The summed E-state index contributed by atoms with van der Waals surface area (Å²) in [6, 6.07) is 9.16. The summed E-state index contributed by atoms with van der Waals surface area (Å²) >= 11 is 0. The van der Waals surface area contributed by atoms with Crippen molar-refractivity contribution in [2.75, 3.05) is 31.6 Å². The van der Waals surface area contributed by atoms with Crippen LogP contribution in [0.25, 0.3) is 0 Å². The maximum atomic E-state index is 12.6. The predicted octanol–water partition coefficient (Wildman–Crippen LogP) is 2.49. The topological polar surface area (TPSA) is 115 Å². The van der Waals surface area contributed by atoms with Gasteiger partial charge in [0.2, 0.25) is 5.91 Å². The summed E-state index contributed by atoms with van der Waals surface area (Å²) < 4.78 is 10.5. The molecule has 28 heavy (non-hydrogen) atoms. The minimum atomic E-state index is -0.470. The molecule has 1 aliphatic heterocycles. The maximum absolute atomic E-state index is 12.6. The first-order valence-electron chi connectivity index (χ1n) is 8.97. The number of benzene rings is 1. The number of morpholine rings is 1. The summed E-state index contributed by atoms with van der Waals surface area (Å²) in [5, 5.41) is 14.0. The first-order valence-corrected chi connectivity index (χ1v) is 8.97. The van der Waals surface area contributed by atoms with Crippen molar-refractivity contribution in [2.24, 2.45) is 0 Å². The van der Waals surface area contributed by atoms with Gasteiger partial charge in [-0.05, 0) is 18.2 Å². The highest BCUT2D eigenvalue weighted by atomic mass is 16.6. The van der Waals surface area contributed by atoms with E-state index in [1.54, 1.807) is 35.2 Å². The van der Waals surface area contributed by atoms with Crippen molar-refractivity contribution in [3.8, 4) is 0 Å². The number of rotatable bonds is 8. The second-order valence-electron chi connectivity index (χ2n) is 6.37. The number of anilines is 1. The number of carbonyl (C=O) groups excluding carboxylic acids is 2. The van der Waals surface area contributed by atoms with Crippen LogP contribution >= 0.6 is 0 Å². The summed E-state index contributed by atoms with van der Waals surface area (Å²) in [5.41, 5.74) is 0.329. The molecule has 1 N–H and O–H groups in total. The van der Waals surface area contributed by atoms with Gasteiger partial charge in [0.25, 0.3) is 5.69 Å². The number of para-hydroxylation sites is 2. The zero-order valence-corrected chi connectivity index (χ0v) is 15.2. The van der Waals surface area contributed by atoms with Gasteiger partial charge in [0.15, 0.2) is 11.5 Å². The molecule has 0 saturated carbocycles. The number of furan rings is 1. The molecule has 1 atom stereocenters. The maximum Gasteiger partial charge on any atom is 0.292 e. The Morgan fingerprint density at radius 1 is 1.25 bits per heavy atom. The summed E-state index contributed by atoms with van der Waals surface area (Å²) in [6.45, 7) is 1.35. The Morgan fingerprint density at radius 3 is 2.82 bits per heavy atom. The summed E-state index contributed by atoms with van der Waals surface area (Å²) in [6.07, 6.45) is 1.70. The number of nitro benzene ring substituents is 1. The van der Waals surface area contributed by atoms with E-state index in [1.807, 2.05) is 0 Å². The predicted molar refractivity (Wildman–Crippen MR) is 100 cm³/mol. The molecule has 0 spiro atoms. The fourth-order valence-electron chi connectivity index (χ4n) is 3.13. The fourth-order valence-corrected chi connectivity index (χ4v) is 3.13. The second-order valence-corrected chi connectivity index (χ2v) is 6.37. The van der Waals surface area contributed by atoms with E-state index < -0.39 is 4.92 Å². The van der Waals surface area contributed by atoms with Gasteiger partial charge in [0.1, 0.15) is 5.69 Å². The van der Waals surface area contributed by atoms with Gasteiger partial charge in [-0.3, -0.25) is 19.7 Å². The van der Waals surface area contributed by atoms with Gasteiger partial charge in [-0.15, -0.1) is 0 Å². The van der Waals surface area contributed by atoms with Crippen LogP contribution in [0.15, 0.2) is 47.1 Å². The minimum absolute atomic E-state index is 0.0387. The molecule has 2 heterocycles. The number of nitro groups is 1. The molecule has 9 heteroatoms. The molecular weight excluding hydrogens is 366 g/mol. The molecule has 1 fully saturated rings. The number of nitrogens with zero attached hydrogens (tertiary/aromatic N) is 2. The van der Waals surface area contributed by atoms with E-state index >= 15 is 0 Å². The van der Waals surface area contributed by atoms with E-state index in [2.05, 4.69) is 5.32 Å². The van der Waals surface area contributed by atoms with Crippen LogP contribution in [0.5, 0.6) is 0 Å². The van der Waals surface area contributed by atoms with Crippen molar-refractivity contribution in [3.05, 3.63) is 58.5 Å². The summed E-state index contributed by atoms with van der Waals surface area (Å²) in [5.74, 6) is -0.0565. The molecule has 1 saturated heterocycles. The Balaban J connectivity index is 1.56. The number of ether oxygens (including phenoxy) is 1. The van der Waals surface area contributed by atoms with Crippen molar-refractivity contribution in [2.45, 2.75) is 18.9 Å². The number of nitrogens with one attached hydrogen (secondary N) is 1. The van der Waals surface area contributed by atoms with Crippen LogP contribution in [0.4, 0.5) is 11.4 Å². The van der Waals surface area contributed by atoms with Crippen LogP contribution in [-0.2, 0) is 9.53 Å². The Bertz CT molecular complexity index is 836. The number of hydrogen-bond donors (Lipinski definition) is 1. The lowest BCUT2D eigenvalue weighted by Gasteiger charge is -2.35. The average molecular weight is 387 g/mol. The molecule has 9 nitrogen and oxygen atoms in total. The van der Waals surface area contributed by atoms with Gasteiger partial charge in [0.05, 0.1) is 30.4 Å². The first kappa shape index (κ1) is 19.6. The van der Waals surface area contributed by atoms with Gasteiger partial charge < -0.3 is 19.4 Å². The van der Waals surface area contributed by atoms with Crippen LogP contribution in [0.2, 0.25) is 0 Å². The Labute approximate surface area is 161 Å². The van der Waals surface area contributed by atoms with Crippen LogP contribution in [-0.4, -0.2) is 53.9 Å². The van der Waals surface area contributed by atoms with Crippen LogP contribution in [0.3, 0.4) is 0 Å². The Morgan fingerprint density at radius 2 is 2.07 bits per heavy atom. The van der Waals surface area contributed by atoms with Crippen molar-refractivity contribution in [1.82, 2.24) is 4.90 Å². The van der Waals surface area contributed by atoms with Crippen molar-refractivity contribution in [3.63, 3.8) is 0 Å². The quantitative estimate of drug-likeness (QED) is 0.420. The first-order chi connectivity index (χ1) is 13.6. The number of hydrogen-bond acceptors (Lipinski definition) is 7. The summed E-state index contributed by atoms with van der Waals surface area (Å²) in [4.78, 5) is 37.1. The molecule has 0 bridgehead atoms. The number of Topliss-reactive ketones (excluding diaryl/α,β-unsaturated/α-hetero) is 1. The average Bonchev–Trinajstić information content (AvgIpc) is 3.23. The molecular formula is C19H21N3O6. The second kappa shape index (κ2) is 9.14. The number of amides is 1. The zero-order valence-electron chi connectivity index (χ0n) is 15.2. The highest BCUT2D eigenvalue weighted by molar-refractivity contribution is 5.94. The molecule has 1 aromatic carbocycles. The standard InChI is InChI=1S/C19H21N3O6/c23-17(18-6-3-10-28-18)12-14-13-27-11-9-21(14)19(24)7-8-20-15-4-1-2-5-16(15)22(25)26/h1-6,10,14,20H,7-9,11-13H2/t14-/m1/s1.